The lowest BCUT2D eigenvalue weighted by atomic mass is 9.96. The number of ketones is 1. The molecule has 9 rings (SSSR count). The second-order valence-corrected chi connectivity index (χ2v) is 27.0. The standard InChI is InChI=1S/C60H72N10O10S3/c1-38-34-69(83(79,80)54-21-12-11-20-53(54)82(77,78)52-22-15-18-45-46(52)31-43(38)32-49(45)68(3)4)36-50(71)39(2)70-35-44(66-67-70)33-62-59(75)47(30-40-25-27-42(28-26-40)58(74)41-16-7-5-8-17-41)63-56(73)24-9-6-14-29-61-55(72)23-13-10-19-51-57-48(37-81-51)64-60(76)65-57/h5,7-8,11-12,15-18,20-22,25-28,31-32,35,38-39,47-48,50-51,57,71H,6,9-10,13-14,19,23-24,29-30,33-34,36-37H2,1-4H3,(H,61,72)(H,62,75)(H,63,73)(H2,64,65,76)/t38?,39-,47-,48-,50?,51-,57-/m0/s1. The van der Waals surface area contributed by atoms with Crippen molar-refractivity contribution in [2.24, 2.45) is 0 Å². The zero-order valence-corrected chi connectivity index (χ0v) is 49.4. The smallest absolute Gasteiger partial charge is 0.315 e. The first-order chi connectivity index (χ1) is 39.8. The number of carbonyl (C=O) groups excluding carboxylic acids is 5. The molecule has 3 aliphatic heterocycles. The highest BCUT2D eigenvalue weighted by molar-refractivity contribution is 8.00. The molecule has 2 bridgehead atoms. The number of aliphatic hydroxyl groups is 1. The molecule has 5 amide bonds. The van der Waals surface area contributed by atoms with Gasteiger partial charge in [0.25, 0.3) is 0 Å². The van der Waals surface area contributed by atoms with Crippen molar-refractivity contribution in [3.8, 4) is 0 Å². The van der Waals surface area contributed by atoms with E-state index in [-0.39, 0.29) is 71.4 Å². The number of nitrogens with zero attached hydrogens (tertiary/aromatic N) is 5. The van der Waals surface area contributed by atoms with Crippen LogP contribution in [0, 0.1) is 0 Å². The van der Waals surface area contributed by atoms with E-state index >= 15 is 0 Å². The van der Waals surface area contributed by atoms with Crippen LogP contribution in [0.25, 0.3) is 10.8 Å². The number of β-amino-alcohol motifs (C(OH)–C–C–N with tert-alkyl or cyclic N) is 1. The molecule has 4 heterocycles. The molecule has 440 valence electrons. The number of rotatable bonds is 24. The van der Waals surface area contributed by atoms with E-state index in [0.29, 0.717) is 76.2 Å². The van der Waals surface area contributed by atoms with Crippen LogP contribution in [0.15, 0.2) is 130 Å². The molecule has 1 aromatic heterocycles. The van der Waals surface area contributed by atoms with E-state index in [1.54, 1.807) is 67.6 Å². The highest BCUT2D eigenvalue weighted by Gasteiger charge is 2.43. The number of hydrogen-bond donors (Lipinski definition) is 6. The van der Waals surface area contributed by atoms with Crippen molar-refractivity contribution >= 4 is 77.6 Å². The molecule has 2 unspecified atom stereocenters. The van der Waals surface area contributed by atoms with Crippen molar-refractivity contribution in [3.05, 3.63) is 143 Å². The molecule has 0 saturated carbocycles. The molecule has 6 N–H and O–H groups in total. The van der Waals surface area contributed by atoms with Gasteiger partial charge in [-0.25, -0.2) is 26.3 Å². The van der Waals surface area contributed by atoms with Crippen molar-refractivity contribution in [2.75, 3.05) is 44.4 Å². The van der Waals surface area contributed by atoms with Gasteiger partial charge in [0.1, 0.15) is 16.6 Å². The number of benzene rings is 5. The number of aliphatic hydroxyl groups excluding tert-OH is 1. The number of sulfone groups is 1. The molecule has 3 aliphatic rings. The van der Waals surface area contributed by atoms with Gasteiger partial charge in [0, 0.05) is 91.6 Å². The first kappa shape index (κ1) is 60.4. The number of hydrogen-bond acceptors (Lipinski definition) is 14. The summed E-state index contributed by atoms with van der Waals surface area (Å²) in [4.78, 5) is 66.0. The van der Waals surface area contributed by atoms with Gasteiger partial charge in [0.2, 0.25) is 37.6 Å². The van der Waals surface area contributed by atoms with Crippen LogP contribution in [0.5, 0.6) is 0 Å². The summed E-state index contributed by atoms with van der Waals surface area (Å²) in [5, 5.41) is 36.5. The second kappa shape index (κ2) is 26.6. The molecule has 0 radical (unpaired) electrons. The average Bonchev–Trinajstić information content (AvgIpc) is 2.83. The molecule has 5 aromatic carbocycles. The minimum atomic E-state index is -4.58. The van der Waals surface area contributed by atoms with Crippen LogP contribution in [0.1, 0.15) is 110 Å². The Morgan fingerprint density at radius 3 is 2.25 bits per heavy atom. The second-order valence-electron chi connectivity index (χ2n) is 21.9. The van der Waals surface area contributed by atoms with Crippen LogP contribution in [0.4, 0.5) is 10.5 Å². The van der Waals surface area contributed by atoms with Gasteiger partial charge >= 0.3 is 6.03 Å². The van der Waals surface area contributed by atoms with E-state index in [9.17, 15) is 45.9 Å². The molecule has 20 nitrogen and oxygen atoms in total. The Morgan fingerprint density at radius 1 is 0.795 bits per heavy atom. The molecule has 6 aromatic rings. The van der Waals surface area contributed by atoms with Crippen molar-refractivity contribution in [1.82, 2.24) is 45.9 Å². The summed E-state index contributed by atoms with van der Waals surface area (Å²) in [6.07, 6.45) is 5.24. The first-order valence-electron chi connectivity index (χ1n) is 28.2. The predicted octanol–water partition coefficient (Wildman–Crippen LogP) is 6.04. The fourth-order valence-electron chi connectivity index (χ4n) is 10.9. The zero-order chi connectivity index (χ0) is 59.0. The molecule has 23 heteroatoms. The predicted molar refractivity (Wildman–Crippen MR) is 317 cm³/mol. The highest BCUT2D eigenvalue weighted by atomic mass is 32.2. The van der Waals surface area contributed by atoms with Gasteiger partial charge in [0.05, 0.1) is 46.8 Å². The number of urea groups is 1. The summed E-state index contributed by atoms with van der Waals surface area (Å²) < 4.78 is 61.4. The monoisotopic (exact) mass is 1190 g/mol. The summed E-state index contributed by atoms with van der Waals surface area (Å²) in [5.74, 6) is -0.589. The largest absolute Gasteiger partial charge is 0.390 e. The van der Waals surface area contributed by atoms with Gasteiger partial charge in [-0.2, -0.15) is 16.1 Å². The van der Waals surface area contributed by atoms with Crippen molar-refractivity contribution in [3.63, 3.8) is 0 Å². The quantitative estimate of drug-likeness (QED) is 0.0229. The Bertz CT molecular complexity index is 3570. The normalized spacial score (nSPS) is 19.9. The summed E-state index contributed by atoms with van der Waals surface area (Å²) in [5.41, 5.74) is 3.47. The molecular formula is C60H72N10O10S3. The van der Waals surface area contributed by atoms with E-state index in [1.807, 2.05) is 55.9 Å². The zero-order valence-electron chi connectivity index (χ0n) is 47.0. The number of fused-ring (bicyclic) bond motifs is 3. The maximum absolute atomic E-state index is 14.8. The molecule has 7 atom stereocenters. The minimum Gasteiger partial charge on any atom is -0.390 e. The number of nitrogens with one attached hydrogen (secondary N) is 5. The maximum atomic E-state index is 14.8. The van der Waals surface area contributed by atoms with Crippen LogP contribution in [-0.4, -0.2) is 140 Å². The van der Waals surface area contributed by atoms with Crippen LogP contribution < -0.4 is 31.5 Å². The molecule has 2 saturated heterocycles. The third kappa shape index (κ3) is 14.3. The minimum absolute atomic E-state index is 0.0164. The Morgan fingerprint density at radius 2 is 1.49 bits per heavy atom. The van der Waals surface area contributed by atoms with Gasteiger partial charge in [-0.1, -0.05) is 104 Å². The van der Waals surface area contributed by atoms with E-state index in [1.165, 1.54) is 41.2 Å². The van der Waals surface area contributed by atoms with Crippen LogP contribution in [0.2, 0.25) is 0 Å². The topological polar surface area (TPSA) is 271 Å². The number of unbranched alkanes of at least 4 members (excludes halogenated alkanes) is 3. The van der Waals surface area contributed by atoms with Gasteiger partial charge < -0.3 is 36.6 Å². The molecular weight excluding hydrogens is 1120 g/mol. The van der Waals surface area contributed by atoms with E-state index in [4.69, 9.17) is 0 Å². The van der Waals surface area contributed by atoms with E-state index in [0.717, 1.165) is 35.0 Å². The van der Waals surface area contributed by atoms with Crippen molar-refractivity contribution in [1.29, 1.82) is 0 Å². The molecule has 0 aliphatic carbocycles. The van der Waals surface area contributed by atoms with Crippen LogP contribution in [-0.2, 0) is 47.2 Å². The van der Waals surface area contributed by atoms with Crippen molar-refractivity contribution < 1.29 is 45.9 Å². The molecule has 2 fully saturated rings. The number of thioether (sulfide) groups is 1. The SMILES string of the molecule is CC1CN(CC(O)[C@H](C)n2cc(CNC(=O)[C@H](Cc3ccc(C(=O)c4ccccc4)cc3)NC(=O)CCCCCNC(=O)CCCC[C@@H]3SC[C@@H]4NC(=O)N[C@@H]43)nn2)S(=O)(=O)c2ccccc2S(=O)(=O)c2cccc3c(N(C)C)cc1cc23. The molecule has 0 spiro atoms. The van der Waals surface area contributed by atoms with Gasteiger partial charge in [-0.15, -0.1) is 5.10 Å². The fourth-order valence-corrected chi connectivity index (χ4v) is 16.3. The Kier molecular flexibility index (Phi) is 19.4. The Hall–Kier alpha value is -7.18. The number of carbonyl (C=O) groups is 5. The van der Waals surface area contributed by atoms with E-state index < -0.39 is 61.3 Å². The number of anilines is 1. The first-order valence-corrected chi connectivity index (χ1v) is 32.1. The summed E-state index contributed by atoms with van der Waals surface area (Å²) in [6, 6.07) is 28.3. The number of amides is 5. The lowest BCUT2D eigenvalue weighted by Crippen LogP contribution is -2.47. The fraction of sp³-hybridized carbons (Fsp3) is 0.417. The summed E-state index contributed by atoms with van der Waals surface area (Å²) >= 11 is 1.86. The van der Waals surface area contributed by atoms with Crippen LogP contribution >= 0.6 is 11.8 Å². The lowest BCUT2D eigenvalue weighted by Gasteiger charge is -2.30. The summed E-state index contributed by atoms with van der Waals surface area (Å²) in [6.45, 7) is 3.32. The lowest BCUT2D eigenvalue weighted by molar-refractivity contribution is -0.129. The third-order valence-corrected chi connectivity index (χ3v) is 21.1. The number of sulfonamides is 1. The Labute approximate surface area is 488 Å². The number of aromatic nitrogens is 3. The highest BCUT2D eigenvalue weighted by Crippen LogP contribution is 2.40. The van der Waals surface area contributed by atoms with Crippen LogP contribution in [0.3, 0.4) is 0 Å². The Balaban J connectivity index is 0.815. The van der Waals surface area contributed by atoms with Gasteiger partial charge in [-0.05, 0) is 80.0 Å². The third-order valence-electron chi connectivity index (χ3n) is 15.7. The van der Waals surface area contributed by atoms with Gasteiger partial charge in [-0.3, -0.25) is 19.2 Å². The maximum Gasteiger partial charge on any atom is 0.315 e. The molecule has 83 heavy (non-hydrogen) atoms. The van der Waals surface area contributed by atoms with Gasteiger partial charge in [0.15, 0.2) is 5.78 Å². The van der Waals surface area contributed by atoms with E-state index in [2.05, 4.69) is 36.9 Å². The average molecular weight is 1190 g/mol. The van der Waals surface area contributed by atoms with Crippen molar-refractivity contribution in [2.45, 2.75) is 134 Å². The summed E-state index contributed by atoms with van der Waals surface area (Å²) in [7, 11) is -5.26.